The van der Waals surface area contributed by atoms with E-state index in [0.29, 0.717) is 24.8 Å². The third-order valence-corrected chi connectivity index (χ3v) is 6.73. The van der Waals surface area contributed by atoms with Crippen molar-refractivity contribution in [3.05, 3.63) is 59.1 Å². The number of sulfonamides is 1. The third-order valence-electron chi connectivity index (χ3n) is 5.04. The molecule has 28 heavy (non-hydrogen) atoms. The lowest BCUT2D eigenvalue weighted by Crippen LogP contribution is -3.15. The Morgan fingerprint density at radius 3 is 2.25 bits per heavy atom. The van der Waals surface area contributed by atoms with Crippen molar-refractivity contribution in [3.63, 3.8) is 0 Å². The molecule has 1 atom stereocenters. The molecule has 0 bridgehead atoms. The van der Waals surface area contributed by atoms with E-state index < -0.39 is 10.0 Å². The maximum Gasteiger partial charge on any atom is 0.240 e. The number of ether oxygens (including phenoxy) is 1. The highest BCUT2D eigenvalue weighted by molar-refractivity contribution is 7.89. The van der Waals surface area contributed by atoms with Crippen molar-refractivity contribution in [2.45, 2.75) is 10.9 Å². The SMILES string of the molecule is CN(C)c1ccc([C@H](CNS(=O)(=O)c2ccc(Cl)cc2)[NH+]2CCOCC2)cc1. The van der Waals surface area contributed by atoms with E-state index in [2.05, 4.69) is 29.0 Å². The number of rotatable bonds is 7. The van der Waals surface area contributed by atoms with Gasteiger partial charge in [-0.15, -0.1) is 0 Å². The number of halogens is 1. The van der Waals surface area contributed by atoms with Crippen molar-refractivity contribution in [2.24, 2.45) is 0 Å². The van der Waals surface area contributed by atoms with Crippen LogP contribution in [0.4, 0.5) is 5.69 Å². The van der Waals surface area contributed by atoms with E-state index >= 15 is 0 Å². The average molecular weight is 425 g/mol. The summed E-state index contributed by atoms with van der Waals surface area (Å²) in [4.78, 5) is 3.59. The van der Waals surface area contributed by atoms with Gasteiger partial charge in [-0.3, -0.25) is 0 Å². The lowest BCUT2D eigenvalue weighted by atomic mass is 10.0. The van der Waals surface area contributed by atoms with Crippen LogP contribution in [0.2, 0.25) is 5.02 Å². The molecule has 152 valence electrons. The second-order valence-corrected chi connectivity index (χ2v) is 9.32. The van der Waals surface area contributed by atoms with Crippen LogP contribution in [0.3, 0.4) is 0 Å². The maximum atomic E-state index is 12.7. The second kappa shape index (κ2) is 9.24. The van der Waals surface area contributed by atoms with Crippen molar-refractivity contribution >= 4 is 27.3 Å². The van der Waals surface area contributed by atoms with Gasteiger partial charge in [0.1, 0.15) is 19.1 Å². The summed E-state index contributed by atoms with van der Waals surface area (Å²) >= 11 is 5.87. The summed E-state index contributed by atoms with van der Waals surface area (Å²) in [5.74, 6) is 0. The van der Waals surface area contributed by atoms with Gasteiger partial charge in [0.05, 0.1) is 24.7 Å². The smallest absolute Gasteiger partial charge is 0.240 e. The van der Waals surface area contributed by atoms with Crippen LogP contribution in [0.5, 0.6) is 0 Å². The van der Waals surface area contributed by atoms with Crippen molar-refractivity contribution in [3.8, 4) is 0 Å². The number of hydrogen-bond donors (Lipinski definition) is 2. The van der Waals surface area contributed by atoms with Gasteiger partial charge in [-0.1, -0.05) is 23.7 Å². The first kappa shape index (κ1) is 21.1. The number of hydrogen-bond acceptors (Lipinski definition) is 4. The van der Waals surface area contributed by atoms with Gasteiger partial charge < -0.3 is 14.5 Å². The molecule has 1 aliphatic rings. The Balaban J connectivity index is 1.79. The first-order valence-corrected chi connectivity index (χ1v) is 11.2. The molecule has 0 aliphatic carbocycles. The minimum atomic E-state index is -3.60. The van der Waals surface area contributed by atoms with Crippen LogP contribution in [0.15, 0.2) is 53.4 Å². The van der Waals surface area contributed by atoms with E-state index in [9.17, 15) is 8.42 Å². The highest BCUT2D eigenvalue weighted by Crippen LogP contribution is 2.18. The van der Waals surface area contributed by atoms with E-state index in [1.165, 1.54) is 17.0 Å². The summed E-state index contributed by atoms with van der Waals surface area (Å²) in [6.45, 7) is 3.39. The highest BCUT2D eigenvalue weighted by atomic mass is 35.5. The number of anilines is 1. The fourth-order valence-corrected chi connectivity index (χ4v) is 4.55. The maximum absolute atomic E-state index is 12.7. The molecule has 2 aromatic rings. The van der Waals surface area contributed by atoms with Crippen molar-refractivity contribution in [1.29, 1.82) is 0 Å². The molecule has 3 rings (SSSR count). The summed E-state index contributed by atoms with van der Waals surface area (Å²) in [6, 6.07) is 14.5. The summed E-state index contributed by atoms with van der Waals surface area (Å²) in [5, 5.41) is 0.510. The first-order valence-electron chi connectivity index (χ1n) is 9.31. The van der Waals surface area contributed by atoms with Gasteiger partial charge in [-0.25, -0.2) is 13.1 Å². The van der Waals surface area contributed by atoms with E-state index in [-0.39, 0.29) is 10.9 Å². The Morgan fingerprint density at radius 1 is 1.07 bits per heavy atom. The monoisotopic (exact) mass is 424 g/mol. The van der Waals surface area contributed by atoms with Gasteiger partial charge in [0.2, 0.25) is 10.0 Å². The zero-order valence-corrected chi connectivity index (χ0v) is 17.8. The molecule has 0 radical (unpaired) electrons. The van der Waals surface area contributed by atoms with Crippen LogP contribution in [0.25, 0.3) is 0 Å². The molecule has 2 N–H and O–H groups in total. The number of quaternary nitrogens is 1. The summed E-state index contributed by atoms with van der Waals surface area (Å²) in [5.41, 5.74) is 2.22. The van der Waals surface area contributed by atoms with Crippen LogP contribution < -0.4 is 14.5 Å². The molecule has 1 aliphatic heterocycles. The molecule has 0 spiro atoms. The molecule has 6 nitrogen and oxygen atoms in total. The Morgan fingerprint density at radius 2 is 1.68 bits per heavy atom. The topological polar surface area (TPSA) is 63.1 Å². The molecule has 2 aromatic carbocycles. The van der Waals surface area contributed by atoms with E-state index in [1.807, 2.05) is 19.0 Å². The standard InChI is InChI=1S/C20H26ClN3O3S/c1-23(2)18-7-3-16(4-8-18)20(24-11-13-27-14-12-24)15-22-28(25,26)19-9-5-17(21)6-10-19/h3-10,20,22H,11-15H2,1-2H3/p+1/t20-/m0/s1. The van der Waals surface area contributed by atoms with Gasteiger partial charge in [0.15, 0.2) is 0 Å². The lowest BCUT2D eigenvalue weighted by molar-refractivity contribution is -0.937. The van der Waals surface area contributed by atoms with E-state index in [4.69, 9.17) is 16.3 Å². The van der Waals surface area contributed by atoms with Crippen molar-refractivity contribution in [2.75, 3.05) is 51.8 Å². The molecule has 0 saturated carbocycles. The van der Waals surface area contributed by atoms with Crippen LogP contribution in [-0.2, 0) is 14.8 Å². The summed E-state index contributed by atoms with van der Waals surface area (Å²) in [6.07, 6.45) is 0. The largest absolute Gasteiger partial charge is 0.378 e. The molecule has 0 aromatic heterocycles. The molecular weight excluding hydrogens is 398 g/mol. The van der Waals surface area contributed by atoms with Gasteiger partial charge in [-0.05, 0) is 36.4 Å². The average Bonchev–Trinajstić information content (AvgIpc) is 2.69. The zero-order chi connectivity index (χ0) is 20.1. The molecule has 1 fully saturated rings. The normalized spacial score (nSPS) is 16.7. The van der Waals surface area contributed by atoms with Crippen molar-refractivity contribution in [1.82, 2.24) is 4.72 Å². The molecule has 8 heteroatoms. The van der Waals surface area contributed by atoms with Crippen LogP contribution in [0, 0.1) is 0 Å². The molecule has 1 heterocycles. The zero-order valence-electron chi connectivity index (χ0n) is 16.2. The first-order chi connectivity index (χ1) is 13.4. The van der Waals surface area contributed by atoms with Crippen LogP contribution in [-0.4, -0.2) is 55.4 Å². The van der Waals surface area contributed by atoms with Crippen molar-refractivity contribution < 1.29 is 18.1 Å². The second-order valence-electron chi connectivity index (χ2n) is 7.11. The third kappa shape index (κ3) is 5.24. The summed E-state index contributed by atoms with van der Waals surface area (Å²) in [7, 11) is 0.398. The Hall–Kier alpha value is -1.64. The molecule has 1 saturated heterocycles. The van der Waals surface area contributed by atoms with Gasteiger partial charge >= 0.3 is 0 Å². The predicted octanol–water partition coefficient (Wildman–Crippen LogP) is 1.34. The van der Waals surface area contributed by atoms with E-state index in [1.54, 1.807) is 12.1 Å². The Kier molecular flexibility index (Phi) is 6.95. The number of nitrogens with zero attached hydrogens (tertiary/aromatic N) is 1. The highest BCUT2D eigenvalue weighted by Gasteiger charge is 2.28. The molecule has 0 unspecified atom stereocenters. The number of benzene rings is 2. The van der Waals surface area contributed by atoms with E-state index in [0.717, 1.165) is 24.3 Å². The molecular formula is C20H27ClN3O3S+. The quantitative estimate of drug-likeness (QED) is 0.704. The minimum absolute atomic E-state index is 0.0159. The summed E-state index contributed by atoms with van der Waals surface area (Å²) < 4.78 is 33.7. The minimum Gasteiger partial charge on any atom is -0.378 e. The van der Waals surface area contributed by atoms with Gasteiger partial charge in [-0.2, -0.15) is 0 Å². The van der Waals surface area contributed by atoms with Crippen LogP contribution in [0.1, 0.15) is 11.6 Å². The predicted molar refractivity (Wildman–Crippen MR) is 112 cm³/mol. The number of morpholine rings is 1. The fraction of sp³-hybridized carbons (Fsp3) is 0.400. The fourth-order valence-electron chi connectivity index (χ4n) is 3.37. The lowest BCUT2D eigenvalue weighted by Gasteiger charge is -2.32. The number of nitrogens with one attached hydrogen (secondary N) is 2. The van der Waals surface area contributed by atoms with Gasteiger partial charge in [0.25, 0.3) is 0 Å². The van der Waals surface area contributed by atoms with Crippen LogP contribution >= 0.6 is 11.6 Å². The Labute approximate surface area is 172 Å². The van der Waals surface area contributed by atoms with Gasteiger partial charge in [0, 0.05) is 30.4 Å². The Bertz CT molecular complexity index is 865. The molecule has 0 amide bonds.